The van der Waals surface area contributed by atoms with Crippen LogP contribution in [0.25, 0.3) is 11.1 Å². The first kappa shape index (κ1) is 20.2. The summed E-state index contributed by atoms with van der Waals surface area (Å²) < 4.78 is 33.3. The summed E-state index contributed by atoms with van der Waals surface area (Å²) >= 11 is 1.52. The Balaban J connectivity index is 1.91. The van der Waals surface area contributed by atoms with Crippen LogP contribution in [0.5, 0.6) is 5.88 Å². The number of benzene rings is 1. The molecule has 3 aromatic rings. The maximum absolute atomic E-state index is 12.6. The Kier molecular flexibility index (Phi) is 6.61. The van der Waals surface area contributed by atoms with E-state index in [9.17, 15) is 8.42 Å². The zero-order valence-corrected chi connectivity index (χ0v) is 17.0. The molecule has 0 spiro atoms. The number of aliphatic hydroxyl groups is 1. The van der Waals surface area contributed by atoms with Crippen molar-refractivity contribution in [3.63, 3.8) is 0 Å². The Morgan fingerprint density at radius 1 is 1.18 bits per heavy atom. The Morgan fingerprint density at radius 2 is 1.96 bits per heavy atom. The lowest BCUT2D eigenvalue weighted by Crippen LogP contribution is -2.19. The standard InChI is InChI=1S/C19H21N3O4S2/c1-14-4-6-15(7-5-14)17-18(20-13-21-19(17)26-10-9-23)22-28(24,25)12-8-16-3-2-11-27-16/h2-7,11,13,23H,8-10,12H2,1H3,(H,20,21,22). The third-order valence-corrected chi connectivity index (χ3v) is 6.11. The van der Waals surface area contributed by atoms with Crippen molar-refractivity contribution in [1.29, 1.82) is 0 Å². The molecule has 2 heterocycles. The van der Waals surface area contributed by atoms with Gasteiger partial charge in [0.1, 0.15) is 12.9 Å². The largest absolute Gasteiger partial charge is 0.475 e. The number of hydrogen-bond acceptors (Lipinski definition) is 7. The number of ether oxygens (including phenoxy) is 1. The maximum atomic E-state index is 12.6. The Morgan fingerprint density at radius 3 is 2.64 bits per heavy atom. The second kappa shape index (κ2) is 9.13. The van der Waals surface area contributed by atoms with E-state index in [2.05, 4.69) is 14.7 Å². The first-order chi connectivity index (χ1) is 13.5. The van der Waals surface area contributed by atoms with Gasteiger partial charge in [-0.1, -0.05) is 35.9 Å². The quantitative estimate of drug-likeness (QED) is 0.553. The highest BCUT2D eigenvalue weighted by Crippen LogP contribution is 2.34. The molecule has 0 amide bonds. The lowest BCUT2D eigenvalue weighted by atomic mass is 10.1. The summed E-state index contributed by atoms with van der Waals surface area (Å²) in [5.41, 5.74) is 2.22. The summed E-state index contributed by atoms with van der Waals surface area (Å²) in [5.74, 6) is 0.305. The summed E-state index contributed by atoms with van der Waals surface area (Å²) in [5, 5.41) is 11.0. The summed E-state index contributed by atoms with van der Waals surface area (Å²) in [6.07, 6.45) is 1.66. The Hall–Kier alpha value is -2.49. The van der Waals surface area contributed by atoms with Crippen molar-refractivity contribution in [3.05, 3.63) is 58.5 Å². The highest BCUT2D eigenvalue weighted by Gasteiger charge is 2.20. The van der Waals surface area contributed by atoms with E-state index in [-0.39, 0.29) is 30.7 Å². The van der Waals surface area contributed by atoms with Crippen LogP contribution in [0.15, 0.2) is 48.1 Å². The van der Waals surface area contributed by atoms with Crippen LogP contribution in [0, 0.1) is 6.92 Å². The van der Waals surface area contributed by atoms with Crippen LogP contribution in [-0.2, 0) is 16.4 Å². The first-order valence-electron chi connectivity index (χ1n) is 8.67. The SMILES string of the molecule is Cc1ccc(-c2c(NS(=O)(=O)CCc3cccs3)ncnc2OCCO)cc1. The van der Waals surface area contributed by atoms with Gasteiger partial charge in [-0.05, 0) is 30.4 Å². The summed E-state index contributed by atoms with van der Waals surface area (Å²) in [6, 6.07) is 11.3. The fourth-order valence-electron chi connectivity index (χ4n) is 2.57. The molecule has 3 rings (SSSR count). The van der Waals surface area contributed by atoms with E-state index in [0.29, 0.717) is 12.0 Å². The lowest BCUT2D eigenvalue weighted by Gasteiger charge is -2.15. The minimum absolute atomic E-state index is 0.0421. The molecule has 0 aliphatic rings. The molecule has 0 saturated carbocycles. The second-order valence-corrected chi connectivity index (χ2v) is 8.96. The monoisotopic (exact) mass is 419 g/mol. The number of thiophene rings is 1. The molecule has 0 radical (unpaired) electrons. The number of nitrogens with one attached hydrogen (secondary N) is 1. The number of aromatic nitrogens is 2. The third-order valence-electron chi connectivity index (χ3n) is 3.93. The van der Waals surface area contributed by atoms with Gasteiger partial charge in [-0.3, -0.25) is 4.72 Å². The van der Waals surface area contributed by atoms with E-state index in [4.69, 9.17) is 9.84 Å². The maximum Gasteiger partial charge on any atom is 0.234 e. The molecular formula is C19H21N3O4S2. The van der Waals surface area contributed by atoms with Crippen LogP contribution in [0.2, 0.25) is 0 Å². The van der Waals surface area contributed by atoms with Crippen LogP contribution < -0.4 is 9.46 Å². The fraction of sp³-hybridized carbons (Fsp3) is 0.263. The van der Waals surface area contributed by atoms with Gasteiger partial charge in [0.25, 0.3) is 0 Å². The van der Waals surface area contributed by atoms with E-state index in [1.807, 2.05) is 48.7 Å². The predicted molar refractivity (Wildman–Crippen MR) is 110 cm³/mol. The van der Waals surface area contributed by atoms with Crippen LogP contribution in [0.4, 0.5) is 5.82 Å². The van der Waals surface area contributed by atoms with Gasteiger partial charge < -0.3 is 9.84 Å². The van der Waals surface area contributed by atoms with Crippen LogP contribution in [0.3, 0.4) is 0 Å². The average molecular weight is 420 g/mol. The predicted octanol–water partition coefficient (Wildman–Crippen LogP) is 2.87. The zero-order valence-electron chi connectivity index (χ0n) is 15.3. The normalized spacial score (nSPS) is 11.4. The summed E-state index contributed by atoms with van der Waals surface area (Å²) in [6.45, 7) is 1.82. The van der Waals surface area contributed by atoms with E-state index in [1.165, 1.54) is 17.7 Å². The van der Waals surface area contributed by atoms with Gasteiger partial charge in [-0.15, -0.1) is 11.3 Å². The molecule has 9 heteroatoms. The highest BCUT2D eigenvalue weighted by atomic mass is 32.2. The molecule has 148 valence electrons. The molecule has 1 aromatic carbocycles. The molecule has 0 aliphatic carbocycles. The van der Waals surface area contributed by atoms with Crippen molar-refractivity contribution >= 4 is 27.2 Å². The number of hydrogen-bond donors (Lipinski definition) is 2. The van der Waals surface area contributed by atoms with Gasteiger partial charge in [0.2, 0.25) is 15.9 Å². The van der Waals surface area contributed by atoms with Crippen molar-refractivity contribution in [1.82, 2.24) is 9.97 Å². The Labute approximate surface area is 168 Å². The smallest absolute Gasteiger partial charge is 0.234 e. The third kappa shape index (κ3) is 5.28. The molecule has 7 nitrogen and oxygen atoms in total. The van der Waals surface area contributed by atoms with Crippen molar-refractivity contribution in [2.75, 3.05) is 23.7 Å². The lowest BCUT2D eigenvalue weighted by molar-refractivity contribution is 0.197. The van der Waals surface area contributed by atoms with Gasteiger partial charge in [-0.25, -0.2) is 18.4 Å². The number of anilines is 1. The van der Waals surface area contributed by atoms with Gasteiger partial charge in [0.05, 0.1) is 17.9 Å². The molecule has 0 atom stereocenters. The zero-order chi connectivity index (χ0) is 20.0. The van der Waals surface area contributed by atoms with Crippen LogP contribution >= 0.6 is 11.3 Å². The van der Waals surface area contributed by atoms with Crippen molar-refractivity contribution in [3.8, 4) is 17.0 Å². The second-order valence-electron chi connectivity index (χ2n) is 6.09. The molecule has 2 N–H and O–H groups in total. The summed E-state index contributed by atoms with van der Waals surface area (Å²) in [4.78, 5) is 9.25. The van der Waals surface area contributed by atoms with Gasteiger partial charge in [0.15, 0.2) is 5.82 Å². The van der Waals surface area contributed by atoms with E-state index in [1.54, 1.807) is 0 Å². The fourth-order valence-corrected chi connectivity index (χ4v) is 4.45. The Bertz CT molecular complexity index is 1000. The first-order valence-corrected chi connectivity index (χ1v) is 11.2. The number of nitrogens with zero attached hydrogens (tertiary/aromatic N) is 2. The van der Waals surface area contributed by atoms with Gasteiger partial charge in [0, 0.05) is 4.88 Å². The minimum atomic E-state index is -3.63. The van der Waals surface area contributed by atoms with Gasteiger partial charge >= 0.3 is 0 Å². The van der Waals surface area contributed by atoms with Crippen LogP contribution in [0.1, 0.15) is 10.4 Å². The molecule has 2 aromatic heterocycles. The summed E-state index contributed by atoms with van der Waals surface area (Å²) in [7, 11) is -3.63. The highest BCUT2D eigenvalue weighted by molar-refractivity contribution is 7.92. The van der Waals surface area contributed by atoms with Crippen molar-refractivity contribution in [2.45, 2.75) is 13.3 Å². The number of aryl methyl sites for hydroxylation is 2. The van der Waals surface area contributed by atoms with Crippen molar-refractivity contribution in [2.24, 2.45) is 0 Å². The molecule has 28 heavy (non-hydrogen) atoms. The number of aliphatic hydroxyl groups excluding tert-OH is 1. The van der Waals surface area contributed by atoms with E-state index in [0.717, 1.165) is 16.0 Å². The molecular weight excluding hydrogens is 398 g/mol. The molecule has 0 aliphatic heterocycles. The van der Waals surface area contributed by atoms with E-state index < -0.39 is 10.0 Å². The van der Waals surface area contributed by atoms with E-state index >= 15 is 0 Å². The number of rotatable bonds is 9. The van der Waals surface area contributed by atoms with Gasteiger partial charge in [-0.2, -0.15) is 0 Å². The number of sulfonamides is 1. The molecule has 0 bridgehead atoms. The molecule has 0 fully saturated rings. The molecule has 0 saturated heterocycles. The van der Waals surface area contributed by atoms with Crippen molar-refractivity contribution < 1.29 is 18.3 Å². The minimum Gasteiger partial charge on any atom is -0.475 e. The topological polar surface area (TPSA) is 101 Å². The van der Waals surface area contributed by atoms with Crippen LogP contribution in [-0.4, -0.2) is 42.5 Å². The molecule has 0 unspecified atom stereocenters. The average Bonchev–Trinajstić information content (AvgIpc) is 3.19.